The van der Waals surface area contributed by atoms with Gasteiger partial charge in [-0.1, -0.05) is 0 Å². The summed E-state index contributed by atoms with van der Waals surface area (Å²) in [6.07, 6.45) is 4.74. The fourth-order valence-electron chi connectivity index (χ4n) is 3.51. The number of carboxylic acid groups (broad SMARTS) is 1. The SMILES string of the molecule is CN(CC(=O)N1CCC2(CC1)CC2C(=O)O)S(=O)(=O)c1cccnc1. The van der Waals surface area contributed by atoms with Crippen molar-refractivity contribution in [2.75, 3.05) is 26.7 Å². The number of aliphatic carboxylic acids is 1. The molecule has 25 heavy (non-hydrogen) atoms. The molecule has 3 rings (SSSR count). The Labute approximate surface area is 146 Å². The van der Waals surface area contributed by atoms with E-state index in [9.17, 15) is 18.0 Å². The average molecular weight is 367 g/mol. The predicted molar refractivity (Wildman–Crippen MR) is 88.0 cm³/mol. The molecule has 1 aliphatic carbocycles. The molecule has 1 spiro atoms. The number of nitrogens with zero attached hydrogens (tertiary/aromatic N) is 3. The second-order valence-corrected chi connectivity index (χ2v) is 8.83. The van der Waals surface area contributed by atoms with E-state index in [1.54, 1.807) is 4.90 Å². The number of aromatic nitrogens is 1. The number of carboxylic acids is 1. The van der Waals surface area contributed by atoms with Crippen molar-refractivity contribution >= 4 is 21.9 Å². The number of pyridine rings is 1. The molecule has 1 aromatic heterocycles. The fraction of sp³-hybridized carbons (Fsp3) is 0.562. The molecule has 0 radical (unpaired) electrons. The zero-order valence-electron chi connectivity index (χ0n) is 14.0. The number of piperidine rings is 1. The largest absolute Gasteiger partial charge is 0.481 e. The number of carbonyl (C=O) groups is 2. The second-order valence-electron chi connectivity index (χ2n) is 6.79. The quantitative estimate of drug-likeness (QED) is 0.808. The van der Waals surface area contributed by atoms with Crippen molar-refractivity contribution in [3.63, 3.8) is 0 Å². The van der Waals surface area contributed by atoms with Crippen molar-refractivity contribution in [3.8, 4) is 0 Å². The Morgan fingerprint density at radius 3 is 2.60 bits per heavy atom. The van der Waals surface area contributed by atoms with Gasteiger partial charge in [0.2, 0.25) is 15.9 Å². The highest BCUT2D eigenvalue weighted by atomic mass is 32.2. The third-order valence-corrected chi connectivity index (χ3v) is 7.09. The van der Waals surface area contributed by atoms with Crippen molar-refractivity contribution in [3.05, 3.63) is 24.5 Å². The number of sulfonamides is 1. The molecule has 1 aromatic rings. The minimum atomic E-state index is -3.76. The second kappa shape index (κ2) is 6.38. The van der Waals surface area contributed by atoms with Gasteiger partial charge in [-0.15, -0.1) is 0 Å². The van der Waals surface area contributed by atoms with Gasteiger partial charge < -0.3 is 10.0 Å². The molecule has 1 aliphatic heterocycles. The maximum Gasteiger partial charge on any atom is 0.307 e. The normalized spacial score (nSPS) is 22.2. The molecule has 1 N–H and O–H groups in total. The van der Waals surface area contributed by atoms with Crippen LogP contribution >= 0.6 is 0 Å². The Balaban J connectivity index is 1.57. The summed E-state index contributed by atoms with van der Waals surface area (Å²) in [5, 5.41) is 9.10. The Kier molecular flexibility index (Phi) is 4.54. The van der Waals surface area contributed by atoms with Gasteiger partial charge in [0, 0.05) is 32.5 Å². The minimum absolute atomic E-state index is 0.0465. The molecule has 2 aliphatic rings. The standard InChI is InChI=1S/C16H21N3O5S/c1-18(25(23,24)12-3-2-6-17-10-12)11-14(20)19-7-4-16(5-8-19)9-13(16)15(21)22/h2-3,6,10,13H,4-5,7-9,11H2,1H3,(H,21,22). The van der Waals surface area contributed by atoms with Gasteiger partial charge in [0.05, 0.1) is 12.5 Å². The number of hydrogen-bond donors (Lipinski definition) is 1. The molecule has 1 saturated heterocycles. The van der Waals surface area contributed by atoms with Crippen LogP contribution in [0.15, 0.2) is 29.4 Å². The van der Waals surface area contributed by atoms with Crippen LogP contribution in [0.25, 0.3) is 0 Å². The summed E-state index contributed by atoms with van der Waals surface area (Å²) >= 11 is 0. The molecule has 0 aromatic carbocycles. The van der Waals surface area contributed by atoms with Crippen LogP contribution in [0.3, 0.4) is 0 Å². The summed E-state index contributed by atoms with van der Waals surface area (Å²) in [4.78, 5) is 29.0. The molecular formula is C16H21N3O5S. The van der Waals surface area contributed by atoms with Gasteiger partial charge >= 0.3 is 5.97 Å². The highest BCUT2D eigenvalue weighted by Crippen LogP contribution is 2.59. The predicted octanol–water partition coefficient (Wildman–Crippen LogP) is 0.415. The van der Waals surface area contributed by atoms with Gasteiger partial charge in [0.25, 0.3) is 0 Å². The van der Waals surface area contributed by atoms with E-state index in [0.717, 1.165) is 4.31 Å². The zero-order chi connectivity index (χ0) is 18.2. The van der Waals surface area contributed by atoms with Crippen LogP contribution in [0.2, 0.25) is 0 Å². The minimum Gasteiger partial charge on any atom is -0.481 e. The molecule has 1 unspecified atom stereocenters. The topological polar surface area (TPSA) is 108 Å². The first kappa shape index (κ1) is 17.8. The van der Waals surface area contributed by atoms with Crippen molar-refractivity contribution in [2.24, 2.45) is 11.3 Å². The summed E-state index contributed by atoms with van der Waals surface area (Å²) in [6, 6.07) is 2.97. The molecule has 2 heterocycles. The van der Waals surface area contributed by atoms with Gasteiger partial charge in [0.15, 0.2) is 0 Å². The Bertz CT molecular complexity index is 772. The summed E-state index contributed by atoms with van der Waals surface area (Å²) in [7, 11) is -2.39. The summed E-state index contributed by atoms with van der Waals surface area (Å²) in [6.45, 7) is 0.708. The molecular weight excluding hydrogens is 346 g/mol. The highest BCUT2D eigenvalue weighted by Gasteiger charge is 2.59. The van der Waals surface area contributed by atoms with Crippen molar-refractivity contribution in [2.45, 2.75) is 24.2 Å². The third-order valence-electron chi connectivity index (χ3n) is 5.30. The smallest absolute Gasteiger partial charge is 0.307 e. The number of amides is 1. The van der Waals surface area contributed by atoms with Crippen molar-refractivity contribution in [1.29, 1.82) is 0 Å². The van der Waals surface area contributed by atoms with E-state index in [-0.39, 0.29) is 28.7 Å². The van der Waals surface area contributed by atoms with Gasteiger partial charge in [0.1, 0.15) is 4.90 Å². The molecule has 1 atom stereocenters. The molecule has 1 saturated carbocycles. The first-order chi connectivity index (χ1) is 11.8. The molecule has 0 bridgehead atoms. The monoisotopic (exact) mass is 367 g/mol. The van der Waals surface area contributed by atoms with Crippen molar-refractivity contribution in [1.82, 2.24) is 14.2 Å². The van der Waals surface area contributed by atoms with E-state index >= 15 is 0 Å². The first-order valence-corrected chi connectivity index (χ1v) is 9.57. The maximum absolute atomic E-state index is 12.4. The maximum atomic E-state index is 12.4. The van der Waals surface area contributed by atoms with Crippen LogP contribution in [-0.4, -0.2) is 66.3 Å². The number of carbonyl (C=O) groups excluding carboxylic acids is 1. The molecule has 9 heteroatoms. The number of likely N-dealkylation sites (tertiary alicyclic amines) is 1. The Morgan fingerprint density at radius 1 is 1.40 bits per heavy atom. The van der Waals surface area contributed by atoms with Gasteiger partial charge in [-0.2, -0.15) is 4.31 Å². The van der Waals surface area contributed by atoms with Crippen LogP contribution in [0, 0.1) is 11.3 Å². The Hall–Kier alpha value is -2.00. The first-order valence-electron chi connectivity index (χ1n) is 8.13. The molecule has 8 nitrogen and oxygen atoms in total. The average Bonchev–Trinajstić information content (AvgIpc) is 3.30. The molecule has 1 amide bonds. The van der Waals surface area contributed by atoms with E-state index < -0.39 is 16.0 Å². The van der Waals surface area contributed by atoms with Crippen LogP contribution < -0.4 is 0 Å². The third kappa shape index (κ3) is 3.38. The van der Waals surface area contributed by atoms with Crippen molar-refractivity contribution < 1.29 is 23.1 Å². The van der Waals surface area contributed by atoms with Crippen LogP contribution in [-0.2, 0) is 19.6 Å². The lowest BCUT2D eigenvalue weighted by Gasteiger charge is -2.33. The fourth-order valence-corrected chi connectivity index (χ4v) is 4.59. The van der Waals surface area contributed by atoms with E-state index in [4.69, 9.17) is 5.11 Å². The zero-order valence-corrected chi connectivity index (χ0v) is 14.8. The van der Waals surface area contributed by atoms with E-state index in [2.05, 4.69) is 4.98 Å². The number of hydrogen-bond acceptors (Lipinski definition) is 5. The van der Waals surface area contributed by atoms with Crippen LogP contribution in [0.1, 0.15) is 19.3 Å². The Morgan fingerprint density at radius 2 is 2.08 bits per heavy atom. The van der Waals surface area contributed by atoms with Gasteiger partial charge in [-0.25, -0.2) is 8.42 Å². The highest BCUT2D eigenvalue weighted by molar-refractivity contribution is 7.89. The van der Waals surface area contributed by atoms with Crippen LogP contribution in [0.5, 0.6) is 0 Å². The number of likely N-dealkylation sites (N-methyl/N-ethyl adjacent to an activating group) is 1. The van der Waals surface area contributed by atoms with E-state index in [1.807, 2.05) is 0 Å². The molecule has 136 valence electrons. The number of rotatable bonds is 5. The van der Waals surface area contributed by atoms with Crippen LogP contribution in [0.4, 0.5) is 0 Å². The lowest BCUT2D eigenvalue weighted by atomic mass is 9.91. The van der Waals surface area contributed by atoms with Gasteiger partial charge in [-0.3, -0.25) is 14.6 Å². The lowest BCUT2D eigenvalue weighted by molar-refractivity contribution is -0.139. The molecule has 2 fully saturated rings. The summed E-state index contributed by atoms with van der Waals surface area (Å²) in [5.74, 6) is -1.32. The summed E-state index contributed by atoms with van der Waals surface area (Å²) < 4.78 is 25.9. The van der Waals surface area contributed by atoms with Gasteiger partial charge in [-0.05, 0) is 36.8 Å². The summed E-state index contributed by atoms with van der Waals surface area (Å²) in [5.41, 5.74) is -0.156. The van der Waals surface area contributed by atoms with E-state index in [1.165, 1.54) is 31.6 Å². The lowest BCUT2D eigenvalue weighted by Crippen LogP contribution is -2.45. The van der Waals surface area contributed by atoms with E-state index in [0.29, 0.717) is 32.4 Å².